The summed E-state index contributed by atoms with van der Waals surface area (Å²) < 4.78 is 28.0. The summed E-state index contributed by atoms with van der Waals surface area (Å²) >= 11 is 5.76. The SMILES string of the molecule is COC(=O)Oc1cc(N2C(=O)OC(=C(C)C)C2=O)c(F)cc1Cl. The van der Waals surface area contributed by atoms with Gasteiger partial charge in [-0.1, -0.05) is 11.6 Å². The normalized spacial score (nSPS) is 14.0. The minimum atomic E-state index is -1.09. The molecule has 1 aliphatic rings. The topological polar surface area (TPSA) is 82.1 Å². The lowest BCUT2D eigenvalue weighted by atomic mass is 10.2. The number of carbonyl (C=O) groups excluding carboxylic acids is 3. The Balaban J connectivity index is 2.49. The van der Waals surface area contributed by atoms with E-state index in [0.717, 1.165) is 19.2 Å². The van der Waals surface area contributed by atoms with Crippen LogP contribution in [0.1, 0.15) is 13.8 Å². The van der Waals surface area contributed by atoms with Gasteiger partial charge in [0.2, 0.25) is 0 Å². The van der Waals surface area contributed by atoms with Gasteiger partial charge in [-0.25, -0.2) is 18.9 Å². The standard InChI is InChI=1S/C14H11ClFNO6/c1-6(2)11-12(18)17(13(19)23-11)9-5-10(22-14(20)21-3)7(15)4-8(9)16/h4-5H,1-3H3. The lowest BCUT2D eigenvalue weighted by Gasteiger charge is -2.14. The Morgan fingerprint density at radius 1 is 1.30 bits per heavy atom. The van der Waals surface area contributed by atoms with E-state index in [1.807, 2.05) is 0 Å². The molecule has 0 radical (unpaired) electrons. The molecule has 23 heavy (non-hydrogen) atoms. The predicted octanol–water partition coefficient (Wildman–Crippen LogP) is 3.40. The van der Waals surface area contributed by atoms with Crippen LogP contribution in [0.5, 0.6) is 5.75 Å². The molecule has 1 heterocycles. The molecule has 0 saturated carbocycles. The molecule has 0 N–H and O–H groups in total. The highest BCUT2D eigenvalue weighted by molar-refractivity contribution is 6.32. The van der Waals surface area contributed by atoms with E-state index < -0.39 is 29.7 Å². The van der Waals surface area contributed by atoms with Crippen LogP contribution >= 0.6 is 11.6 Å². The first-order valence-electron chi connectivity index (χ1n) is 6.24. The number of hydrogen-bond donors (Lipinski definition) is 0. The summed E-state index contributed by atoms with van der Waals surface area (Å²) in [6, 6.07) is 1.73. The Morgan fingerprint density at radius 3 is 2.48 bits per heavy atom. The van der Waals surface area contributed by atoms with Crippen LogP contribution < -0.4 is 9.64 Å². The molecule has 7 nitrogen and oxygen atoms in total. The van der Waals surface area contributed by atoms with Gasteiger partial charge >= 0.3 is 18.2 Å². The van der Waals surface area contributed by atoms with Crippen LogP contribution in [0.25, 0.3) is 0 Å². The van der Waals surface area contributed by atoms with Crippen LogP contribution in [0.3, 0.4) is 0 Å². The summed E-state index contributed by atoms with van der Waals surface area (Å²) in [5.74, 6) is -2.27. The van der Waals surface area contributed by atoms with Gasteiger partial charge < -0.3 is 14.2 Å². The van der Waals surface area contributed by atoms with Crippen LogP contribution in [-0.2, 0) is 14.3 Å². The van der Waals surface area contributed by atoms with Crippen molar-refractivity contribution in [3.8, 4) is 5.75 Å². The van der Waals surface area contributed by atoms with Crippen molar-refractivity contribution >= 4 is 35.4 Å². The number of amides is 2. The van der Waals surface area contributed by atoms with Crippen molar-refractivity contribution in [2.75, 3.05) is 12.0 Å². The average molecular weight is 344 g/mol. The molecule has 9 heteroatoms. The van der Waals surface area contributed by atoms with Gasteiger partial charge in [0.05, 0.1) is 17.8 Å². The van der Waals surface area contributed by atoms with Gasteiger partial charge in [0.25, 0.3) is 0 Å². The maximum absolute atomic E-state index is 14.1. The van der Waals surface area contributed by atoms with Crippen molar-refractivity contribution in [1.82, 2.24) is 0 Å². The largest absolute Gasteiger partial charge is 0.513 e. The van der Waals surface area contributed by atoms with Crippen molar-refractivity contribution in [2.45, 2.75) is 13.8 Å². The maximum Gasteiger partial charge on any atom is 0.513 e. The van der Waals surface area contributed by atoms with E-state index in [2.05, 4.69) is 4.74 Å². The molecule has 0 atom stereocenters. The summed E-state index contributed by atoms with van der Waals surface area (Å²) in [6.07, 6.45) is -2.17. The zero-order valence-corrected chi connectivity index (χ0v) is 13.1. The van der Waals surface area contributed by atoms with Crippen LogP contribution in [0.4, 0.5) is 19.7 Å². The van der Waals surface area contributed by atoms with Crippen molar-refractivity contribution in [2.24, 2.45) is 0 Å². The van der Waals surface area contributed by atoms with Crippen LogP contribution in [0.2, 0.25) is 5.02 Å². The first kappa shape index (κ1) is 16.8. The third-order valence-corrected chi connectivity index (χ3v) is 3.12. The third-order valence-electron chi connectivity index (χ3n) is 2.83. The maximum atomic E-state index is 14.1. The number of nitrogens with zero attached hydrogens (tertiary/aromatic N) is 1. The number of cyclic esters (lactones) is 1. The van der Waals surface area contributed by atoms with Crippen molar-refractivity contribution in [1.29, 1.82) is 0 Å². The van der Waals surface area contributed by atoms with Crippen molar-refractivity contribution in [3.05, 3.63) is 34.3 Å². The second-order valence-corrected chi connectivity index (χ2v) is 5.04. The summed E-state index contributed by atoms with van der Waals surface area (Å²) in [5, 5.41) is -0.237. The Kier molecular flexibility index (Phi) is 4.55. The van der Waals surface area contributed by atoms with Crippen LogP contribution in [0.15, 0.2) is 23.5 Å². The molecular formula is C14H11ClFNO6. The number of rotatable bonds is 2. The second kappa shape index (κ2) is 6.25. The van der Waals surface area contributed by atoms with E-state index in [1.165, 1.54) is 0 Å². The zero-order valence-electron chi connectivity index (χ0n) is 12.3. The van der Waals surface area contributed by atoms with E-state index in [-0.39, 0.29) is 16.5 Å². The quantitative estimate of drug-likeness (QED) is 0.465. The first-order valence-corrected chi connectivity index (χ1v) is 6.62. The van der Waals surface area contributed by atoms with E-state index in [4.69, 9.17) is 21.1 Å². The molecule has 0 spiro atoms. The molecule has 1 aromatic carbocycles. The number of anilines is 1. The van der Waals surface area contributed by atoms with E-state index in [0.29, 0.717) is 10.5 Å². The molecule has 0 bridgehead atoms. The van der Waals surface area contributed by atoms with Gasteiger partial charge in [-0.05, 0) is 25.5 Å². The van der Waals surface area contributed by atoms with E-state index in [1.54, 1.807) is 13.8 Å². The Bertz CT molecular complexity index is 741. The molecule has 2 rings (SSSR count). The monoisotopic (exact) mass is 343 g/mol. The molecule has 0 unspecified atom stereocenters. The van der Waals surface area contributed by atoms with Gasteiger partial charge in [0.15, 0.2) is 11.5 Å². The van der Waals surface area contributed by atoms with E-state index in [9.17, 15) is 18.8 Å². The molecule has 0 aliphatic carbocycles. The first-order chi connectivity index (χ1) is 10.8. The van der Waals surface area contributed by atoms with Gasteiger partial charge in [0.1, 0.15) is 5.82 Å². The average Bonchev–Trinajstić information content (AvgIpc) is 2.77. The molecule has 2 amide bonds. The molecule has 1 fully saturated rings. The minimum absolute atomic E-state index is 0.195. The highest BCUT2D eigenvalue weighted by Crippen LogP contribution is 2.35. The molecule has 0 aromatic heterocycles. The third kappa shape index (κ3) is 3.11. The van der Waals surface area contributed by atoms with Gasteiger partial charge in [-0.15, -0.1) is 0 Å². The van der Waals surface area contributed by atoms with Crippen molar-refractivity contribution in [3.63, 3.8) is 0 Å². The van der Waals surface area contributed by atoms with Crippen LogP contribution in [-0.4, -0.2) is 25.3 Å². The highest BCUT2D eigenvalue weighted by atomic mass is 35.5. The summed E-state index contributed by atoms with van der Waals surface area (Å²) in [7, 11) is 1.07. The number of benzene rings is 1. The van der Waals surface area contributed by atoms with Gasteiger partial charge in [-0.2, -0.15) is 0 Å². The fourth-order valence-electron chi connectivity index (χ4n) is 1.78. The Hall–Kier alpha value is -2.61. The smallest absolute Gasteiger partial charge is 0.437 e. The predicted molar refractivity (Wildman–Crippen MR) is 76.8 cm³/mol. The highest BCUT2D eigenvalue weighted by Gasteiger charge is 2.40. The van der Waals surface area contributed by atoms with Crippen LogP contribution in [0, 0.1) is 5.82 Å². The molecule has 122 valence electrons. The number of ether oxygens (including phenoxy) is 3. The number of halogens is 2. The molecule has 1 saturated heterocycles. The molecule has 1 aromatic rings. The number of carbonyl (C=O) groups is 3. The Labute approximate surface area is 135 Å². The number of hydrogen-bond acceptors (Lipinski definition) is 6. The lowest BCUT2D eigenvalue weighted by Crippen LogP contribution is -2.29. The van der Waals surface area contributed by atoms with E-state index >= 15 is 0 Å². The molecular weight excluding hydrogens is 333 g/mol. The number of imide groups is 1. The number of allylic oxidation sites excluding steroid dienone is 1. The summed E-state index contributed by atoms with van der Waals surface area (Å²) in [5.41, 5.74) is -0.00851. The summed E-state index contributed by atoms with van der Waals surface area (Å²) in [6.45, 7) is 3.13. The van der Waals surface area contributed by atoms with Gasteiger partial charge in [-0.3, -0.25) is 4.79 Å². The molecule has 1 aliphatic heterocycles. The second-order valence-electron chi connectivity index (χ2n) is 4.63. The summed E-state index contributed by atoms with van der Waals surface area (Å²) in [4.78, 5) is 35.6. The van der Waals surface area contributed by atoms with Crippen molar-refractivity contribution < 1.29 is 33.0 Å². The number of methoxy groups -OCH3 is 1. The van der Waals surface area contributed by atoms with Gasteiger partial charge in [0, 0.05) is 6.07 Å². The Morgan fingerprint density at radius 2 is 1.96 bits per heavy atom. The zero-order chi connectivity index (χ0) is 17.3. The minimum Gasteiger partial charge on any atom is -0.437 e. The fraction of sp³-hybridized carbons (Fsp3) is 0.214. The lowest BCUT2D eigenvalue weighted by molar-refractivity contribution is -0.114. The fourth-order valence-corrected chi connectivity index (χ4v) is 1.97.